The van der Waals surface area contributed by atoms with Gasteiger partial charge in [-0.05, 0) is 17.7 Å². The Bertz CT molecular complexity index is 770. The Kier molecular flexibility index (Phi) is 6.36. The highest BCUT2D eigenvalue weighted by Crippen LogP contribution is 2.27. The van der Waals surface area contributed by atoms with E-state index in [1.807, 2.05) is 32.9 Å². The summed E-state index contributed by atoms with van der Waals surface area (Å²) >= 11 is 1.25. The molecule has 2 aromatic rings. The molecule has 0 spiro atoms. The zero-order valence-corrected chi connectivity index (χ0v) is 16.5. The van der Waals surface area contributed by atoms with Gasteiger partial charge < -0.3 is 20.6 Å². The van der Waals surface area contributed by atoms with Gasteiger partial charge in [-0.3, -0.25) is 4.79 Å². The number of hydrogen-bond donors (Lipinski definition) is 2. The Morgan fingerprint density at radius 1 is 1.23 bits per heavy atom. The largest absolute Gasteiger partial charge is 0.493 e. The first-order valence-corrected chi connectivity index (χ1v) is 9.06. The van der Waals surface area contributed by atoms with Gasteiger partial charge in [0, 0.05) is 12.0 Å². The van der Waals surface area contributed by atoms with Gasteiger partial charge in [-0.25, -0.2) is 4.68 Å². The minimum absolute atomic E-state index is 0.120. The van der Waals surface area contributed by atoms with Crippen molar-refractivity contribution in [3.63, 3.8) is 0 Å². The number of amides is 1. The molecular weight excluding hydrogens is 354 g/mol. The summed E-state index contributed by atoms with van der Waals surface area (Å²) in [5.41, 5.74) is 0.703. The summed E-state index contributed by atoms with van der Waals surface area (Å²) in [6.07, 6.45) is 0. The van der Waals surface area contributed by atoms with E-state index in [1.54, 1.807) is 20.3 Å². The Balaban J connectivity index is 1.89. The second-order valence-electron chi connectivity index (χ2n) is 6.68. The molecular formula is C17H25N5O3S. The van der Waals surface area contributed by atoms with Crippen LogP contribution in [0.3, 0.4) is 0 Å². The molecule has 0 saturated heterocycles. The summed E-state index contributed by atoms with van der Waals surface area (Å²) in [5.74, 6) is 8.04. The van der Waals surface area contributed by atoms with Crippen molar-refractivity contribution in [1.82, 2.24) is 20.2 Å². The van der Waals surface area contributed by atoms with Crippen molar-refractivity contribution in [2.45, 2.75) is 37.9 Å². The lowest BCUT2D eigenvalue weighted by atomic mass is 9.96. The predicted molar refractivity (Wildman–Crippen MR) is 101 cm³/mol. The molecule has 0 saturated carbocycles. The van der Waals surface area contributed by atoms with E-state index in [2.05, 4.69) is 15.5 Å². The van der Waals surface area contributed by atoms with Gasteiger partial charge in [0.1, 0.15) is 0 Å². The maximum Gasteiger partial charge on any atom is 0.230 e. The van der Waals surface area contributed by atoms with E-state index in [9.17, 15) is 4.79 Å². The number of nitrogens with two attached hydrogens (primary N) is 1. The molecule has 142 valence electrons. The van der Waals surface area contributed by atoms with Crippen LogP contribution in [0.4, 0.5) is 0 Å². The normalized spacial score (nSPS) is 11.3. The second kappa shape index (κ2) is 8.31. The van der Waals surface area contributed by atoms with Crippen LogP contribution >= 0.6 is 11.8 Å². The third-order valence-electron chi connectivity index (χ3n) is 3.61. The monoisotopic (exact) mass is 379 g/mol. The predicted octanol–water partition coefficient (Wildman–Crippen LogP) is 1.72. The quantitative estimate of drug-likeness (QED) is 0.557. The molecule has 0 aliphatic heterocycles. The first kappa shape index (κ1) is 19.9. The first-order chi connectivity index (χ1) is 12.3. The van der Waals surface area contributed by atoms with Crippen LogP contribution in [-0.2, 0) is 16.8 Å². The Hall–Kier alpha value is -2.42. The molecule has 2 rings (SSSR count). The standard InChI is InChI=1S/C17H25N5O3S/c1-17(2,3)15-20-21-16(22(15)18)26-10-14(23)19-9-11-6-7-12(24-4)13(8-11)25-5/h6-8H,9-10,18H2,1-5H3,(H,19,23). The Morgan fingerprint density at radius 2 is 1.92 bits per heavy atom. The van der Waals surface area contributed by atoms with Crippen molar-refractivity contribution >= 4 is 17.7 Å². The van der Waals surface area contributed by atoms with Gasteiger partial charge in [0.15, 0.2) is 17.3 Å². The van der Waals surface area contributed by atoms with E-state index in [0.717, 1.165) is 5.56 Å². The van der Waals surface area contributed by atoms with Gasteiger partial charge in [0.2, 0.25) is 11.1 Å². The lowest BCUT2D eigenvalue weighted by molar-refractivity contribution is -0.118. The SMILES string of the molecule is COc1ccc(CNC(=O)CSc2nnc(C(C)(C)C)n2N)cc1OC. The smallest absolute Gasteiger partial charge is 0.230 e. The van der Waals surface area contributed by atoms with Crippen LogP contribution in [0.5, 0.6) is 11.5 Å². The van der Waals surface area contributed by atoms with Crippen LogP contribution in [0.2, 0.25) is 0 Å². The van der Waals surface area contributed by atoms with Gasteiger partial charge in [-0.2, -0.15) is 0 Å². The first-order valence-electron chi connectivity index (χ1n) is 8.07. The number of carbonyl (C=O) groups is 1. The third-order valence-corrected chi connectivity index (χ3v) is 4.55. The van der Waals surface area contributed by atoms with Crippen LogP contribution in [0.1, 0.15) is 32.2 Å². The Labute approximate surface area is 157 Å². The number of rotatable bonds is 7. The number of carbonyl (C=O) groups excluding carboxylic acids is 1. The minimum Gasteiger partial charge on any atom is -0.493 e. The highest BCUT2D eigenvalue weighted by atomic mass is 32.2. The van der Waals surface area contributed by atoms with Crippen LogP contribution in [0.25, 0.3) is 0 Å². The van der Waals surface area contributed by atoms with Crippen LogP contribution in [0.15, 0.2) is 23.4 Å². The highest BCUT2D eigenvalue weighted by molar-refractivity contribution is 7.99. The molecule has 0 unspecified atom stereocenters. The molecule has 0 aliphatic carbocycles. The molecule has 0 atom stereocenters. The van der Waals surface area contributed by atoms with Crippen molar-refractivity contribution in [2.75, 3.05) is 25.8 Å². The van der Waals surface area contributed by atoms with E-state index in [-0.39, 0.29) is 17.1 Å². The number of ether oxygens (including phenoxy) is 2. The van der Waals surface area contributed by atoms with Gasteiger partial charge in [0.05, 0.1) is 20.0 Å². The molecule has 0 fully saturated rings. The van der Waals surface area contributed by atoms with Crippen molar-refractivity contribution in [3.8, 4) is 11.5 Å². The molecule has 1 amide bonds. The third kappa shape index (κ3) is 4.81. The molecule has 1 heterocycles. The van der Waals surface area contributed by atoms with Gasteiger partial charge in [0.25, 0.3) is 0 Å². The number of aromatic nitrogens is 3. The number of nitrogens with zero attached hydrogens (tertiary/aromatic N) is 3. The van der Waals surface area contributed by atoms with E-state index >= 15 is 0 Å². The second-order valence-corrected chi connectivity index (χ2v) is 7.62. The molecule has 26 heavy (non-hydrogen) atoms. The fourth-order valence-corrected chi connectivity index (χ4v) is 2.95. The molecule has 8 nitrogen and oxygen atoms in total. The number of benzene rings is 1. The molecule has 0 aliphatic rings. The molecule has 1 aromatic carbocycles. The van der Waals surface area contributed by atoms with Gasteiger partial charge in [-0.1, -0.05) is 38.6 Å². The summed E-state index contributed by atoms with van der Waals surface area (Å²) in [6.45, 7) is 6.41. The molecule has 0 bridgehead atoms. The van der Waals surface area contributed by atoms with Crippen molar-refractivity contribution in [3.05, 3.63) is 29.6 Å². The number of hydrogen-bond acceptors (Lipinski definition) is 7. The minimum atomic E-state index is -0.212. The zero-order valence-electron chi connectivity index (χ0n) is 15.7. The maximum absolute atomic E-state index is 12.1. The molecule has 1 aromatic heterocycles. The van der Waals surface area contributed by atoms with E-state index in [4.69, 9.17) is 15.3 Å². The molecule has 9 heteroatoms. The number of nitrogens with one attached hydrogen (secondary N) is 1. The summed E-state index contributed by atoms with van der Waals surface area (Å²) in [7, 11) is 3.16. The summed E-state index contributed by atoms with van der Waals surface area (Å²) < 4.78 is 11.9. The van der Waals surface area contributed by atoms with E-state index < -0.39 is 0 Å². The molecule has 0 radical (unpaired) electrons. The lowest BCUT2D eigenvalue weighted by Crippen LogP contribution is -2.26. The fraction of sp³-hybridized carbons (Fsp3) is 0.471. The van der Waals surface area contributed by atoms with E-state index in [1.165, 1.54) is 16.4 Å². The Morgan fingerprint density at radius 3 is 2.50 bits per heavy atom. The average Bonchev–Trinajstić information content (AvgIpc) is 2.98. The maximum atomic E-state index is 12.1. The lowest BCUT2D eigenvalue weighted by Gasteiger charge is -2.16. The van der Waals surface area contributed by atoms with Gasteiger partial charge in [-0.15, -0.1) is 10.2 Å². The number of methoxy groups -OCH3 is 2. The van der Waals surface area contributed by atoms with Crippen LogP contribution in [-0.4, -0.2) is 40.8 Å². The number of thioether (sulfide) groups is 1. The molecule has 3 N–H and O–H groups in total. The summed E-state index contributed by atoms with van der Waals surface area (Å²) in [6, 6.07) is 5.51. The van der Waals surface area contributed by atoms with Crippen LogP contribution < -0.4 is 20.6 Å². The van der Waals surface area contributed by atoms with Gasteiger partial charge >= 0.3 is 0 Å². The van der Waals surface area contributed by atoms with Crippen molar-refractivity contribution in [1.29, 1.82) is 0 Å². The number of nitrogen functional groups attached to an aromatic ring is 1. The van der Waals surface area contributed by atoms with Crippen LogP contribution in [0, 0.1) is 0 Å². The fourth-order valence-electron chi connectivity index (χ4n) is 2.26. The van der Waals surface area contributed by atoms with E-state index in [0.29, 0.717) is 29.0 Å². The zero-order chi connectivity index (χ0) is 19.3. The topological polar surface area (TPSA) is 104 Å². The van der Waals surface area contributed by atoms with Crippen molar-refractivity contribution < 1.29 is 14.3 Å². The average molecular weight is 379 g/mol. The van der Waals surface area contributed by atoms with Crippen molar-refractivity contribution in [2.24, 2.45) is 0 Å². The summed E-state index contributed by atoms with van der Waals surface area (Å²) in [4.78, 5) is 12.1. The summed E-state index contributed by atoms with van der Waals surface area (Å²) in [5, 5.41) is 11.5. The highest BCUT2D eigenvalue weighted by Gasteiger charge is 2.23.